The molecule has 1 aromatic heterocycles. The van der Waals surface area contributed by atoms with Gasteiger partial charge in [0, 0.05) is 38.9 Å². The number of hydrogen-bond donors (Lipinski definition) is 1. The van der Waals surface area contributed by atoms with Crippen LogP contribution in [-0.4, -0.2) is 55.7 Å². The highest BCUT2D eigenvalue weighted by Gasteiger charge is 2.18. The van der Waals surface area contributed by atoms with Gasteiger partial charge < -0.3 is 20.1 Å². The fourth-order valence-corrected chi connectivity index (χ4v) is 3.04. The van der Waals surface area contributed by atoms with Crippen LogP contribution in [0.3, 0.4) is 0 Å². The Labute approximate surface area is 153 Å². The first-order valence-electron chi connectivity index (χ1n) is 8.61. The highest BCUT2D eigenvalue weighted by Crippen LogP contribution is 2.28. The number of benzene rings is 1. The molecule has 1 aliphatic rings. The number of hydrogen-bond acceptors (Lipinski definition) is 6. The summed E-state index contributed by atoms with van der Waals surface area (Å²) in [6.45, 7) is 4.60. The van der Waals surface area contributed by atoms with Gasteiger partial charge in [0.1, 0.15) is 0 Å². The molecular weight excluding hydrogens is 332 g/mol. The molecule has 26 heavy (non-hydrogen) atoms. The van der Waals surface area contributed by atoms with Crippen LogP contribution in [0, 0.1) is 0 Å². The lowest BCUT2D eigenvalue weighted by molar-refractivity contribution is -0.119. The molecule has 1 aliphatic heterocycles. The van der Waals surface area contributed by atoms with Gasteiger partial charge in [0.2, 0.25) is 0 Å². The van der Waals surface area contributed by atoms with E-state index in [0.717, 1.165) is 38.3 Å². The summed E-state index contributed by atoms with van der Waals surface area (Å²) in [5, 5.41) is 0. The van der Waals surface area contributed by atoms with Crippen LogP contribution in [0.5, 0.6) is 11.5 Å². The molecule has 7 heteroatoms. The fraction of sp³-hybridized carbons (Fsp3) is 0.368. The second-order valence-corrected chi connectivity index (χ2v) is 6.21. The zero-order chi connectivity index (χ0) is 18.4. The summed E-state index contributed by atoms with van der Waals surface area (Å²) in [6.07, 6.45) is 3.70. The summed E-state index contributed by atoms with van der Waals surface area (Å²) in [7, 11) is 1.59. The van der Waals surface area contributed by atoms with E-state index in [4.69, 9.17) is 15.2 Å². The van der Waals surface area contributed by atoms with E-state index in [0.29, 0.717) is 11.5 Å². The zero-order valence-electron chi connectivity index (χ0n) is 14.9. The number of pyridine rings is 1. The Bertz CT molecular complexity index is 731. The molecule has 2 aromatic rings. The van der Waals surface area contributed by atoms with E-state index in [1.165, 1.54) is 5.69 Å². The zero-order valence-corrected chi connectivity index (χ0v) is 14.9. The van der Waals surface area contributed by atoms with Crippen LogP contribution in [0.15, 0.2) is 42.7 Å². The van der Waals surface area contributed by atoms with E-state index < -0.39 is 5.91 Å². The minimum atomic E-state index is -0.511. The summed E-state index contributed by atoms with van der Waals surface area (Å²) in [6, 6.07) is 9.83. The Hall–Kier alpha value is -2.80. The molecule has 1 saturated heterocycles. The number of anilines is 1. The first-order chi connectivity index (χ1) is 12.7. The molecule has 138 valence electrons. The number of piperazine rings is 1. The third-order valence-electron chi connectivity index (χ3n) is 4.39. The van der Waals surface area contributed by atoms with Gasteiger partial charge in [-0.1, -0.05) is 6.07 Å². The van der Waals surface area contributed by atoms with E-state index in [9.17, 15) is 4.79 Å². The van der Waals surface area contributed by atoms with Gasteiger partial charge in [-0.15, -0.1) is 0 Å². The van der Waals surface area contributed by atoms with Crippen LogP contribution in [0.2, 0.25) is 0 Å². The van der Waals surface area contributed by atoms with Gasteiger partial charge in [0.05, 0.1) is 19.0 Å². The molecule has 1 amide bonds. The van der Waals surface area contributed by atoms with Crippen molar-refractivity contribution in [3.8, 4) is 11.5 Å². The first kappa shape index (κ1) is 18.0. The van der Waals surface area contributed by atoms with E-state index in [-0.39, 0.29) is 6.61 Å². The summed E-state index contributed by atoms with van der Waals surface area (Å²) in [4.78, 5) is 19.8. The number of carbonyl (C=O) groups is 1. The summed E-state index contributed by atoms with van der Waals surface area (Å²) >= 11 is 0. The van der Waals surface area contributed by atoms with Crippen molar-refractivity contribution in [1.29, 1.82) is 0 Å². The lowest BCUT2D eigenvalue weighted by atomic mass is 10.1. The standard InChI is InChI=1S/C19H24N4O3/c1-25-18-11-15(4-5-17(18)26-14-19(20)24)13-22-7-9-23(10-8-22)16-3-2-6-21-12-16/h2-6,11-12H,7-10,13-14H2,1H3,(H2,20,24). The molecule has 0 spiro atoms. The van der Waals surface area contributed by atoms with Crippen molar-refractivity contribution in [3.63, 3.8) is 0 Å². The van der Waals surface area contributed by atoms with Crippen molar-refractivity contribution in [2.24, 2.45) is 5.73 Å². The highest BCUT2D eigenvalue weighted by atomic mass is 16.5. The van der Waals surface area contributed by atoms with Gasteiger partial charge in [-0.05, 0) is 29.8 Å². The third-order valence-corrected chi connectivity index (χ3v) is 4.39. The molecule has 2 N–H and O–H groups in total. The quantitative estimate of drug-likeness (QED) is 0.805. The molecule has 0 unspecified atom stereocenters. The predicted molar refractivity (Wildman–Crippen MR) is 99.4 cm³/mol. The van der Waals surface area contributed by atoms with E-state index >= 15 is 0 Å². The molecule has 0 saturated carbocycles. The van der Waals surface area contributed by atoms with Crippen LogP contribution >= 0.6 is 0 Å². The normalized spacial score (nSPS) is 14.9. The number of ether oxygens (including phenoxy) is 2. The third kappa shape index (κ3) is 4.64. The van der Waals surface area contributed by atoms with E-state index in [1.54, 1.807) is 13.3 Å². The SMILES string of the molecule is COc1cc(CN2CCN(c3cccnc3)CC2)ccc1OCC(N)=O. The fourth-order valence-electron chi connectivity index (χ4n) is 3.04. The number of amides is 1. The minimum absolute atomic E-state index is 0.161. The molecular formula is C19H24N4O3. The predicted octanol–water partition coefficient (Wildman–Crippen LogP) is 1.28. The molecule has 1 aromatic carbocycles. The van der Waals surface area contributed by atoms with Crippen molar-refractivity contribution in [3.05, 3.63) is 48.3 Å². The van der Waals surface area contributed by atoms with Crippen LogP contribution in [-0.2, 0) is 11.3 Å². The summed E-state index contributed by atoms with van der Waals surface area (Å²) in [5.41, 5.74) is 7.43. The monoisotopic (exact) mass is 356 g/mol. The number of aromatic nitrogens is 1. The topological polar surface area (TPSA) is 80.9 Å². The van der Waals surface area contributed by atoms with Crippen LogP contribution in [0.4, 0.5) is 5.69 Å². The number of rotatable bonds is 7. The second kappa shape index (κ2) is 8.53. The van der Waals surface area contributed by atoms with Gasteiger partial charge in [-0.25, -0.2) is 0 Å². The van der Waals surface area contributed by atoms with Crippen molar-refractivity contribution < 1.29 is 14.3 Å². The van der Waals surface area contributed by atoms with Crippen molar-refractivity contribution in [2.45, 2.75) is 6.54 Å². The van der Waals surface area contributed by atoms with Crippen molar-refractivity contribution in [1.82, 2.24) is 9.88 Å². The van der Waals surface area contributed by atoms with Crippen molar-refractivity contribution >= 4 is 11.6 Å². The summed E-state index contributed by atoms with van der Waals surface area (Å²) in [5.74, 6) is 0.622. The highest BCUT2D eigenvalue weighted by molar-refractivity contribution is 5.75. The number of nitrogens with two attached hydrogens (primary N) is 1. The smallest absolute Gasteiger partial charge is 0.255 e. The molecule has 1 fully saturated rings. The maximum atomic E-state index is 10.9. The molecule has 7 nitrogen and oxygen atoms in total. The first-order valence-corrected chi connectivity index (χ1v) is 8.61. The molecule has 3 rings (SSSR count). The maximum absolute atomic E-state index is 10.9. The molecule has 0 atom stereocenters. The Balaban J connectivity index is 1.57. The van der Waals surface area contributed by atoms with Gasteiger partial charge in [0.15, 0.2) is 18.1 Å². The summed E-state index contributed by atoms with van der Waals surface area (Å²) < 4.78 is 10.7. The Morgan fingerprint density at radius 3 is 2.65 bits per heavy atom. The number of carbonyl (C=O) groups excluding carboxylic acids is 1. The van der Waals surface area contributed by atoms with Gasteiger partial charge >= 0.3 is 0 Å². The number of primary amides is 1. The lowest BCUT2D eigenvalue weighted by Gasteiger charge is -2.36. The van der Waals surface area contributed by atoms with E-state index in [2.05, 4.69) is 20.9 Å². The lowest BCUT2D eigenvalue weighted by Crippen LogP contribution is -2.46. The molecule has 2 heterocycles. The Morgan fingerprint density at radius 1 is 1.19 bits per heavy atom. The number of methoxy groups -OCH3 is 1. The van der Waals surface area contributed by atoms with Crippen molar-refractivity contribution in [2.75, 3.05) is 44.8 Å². The van der Waals surface area contributed by atoms with Crippen LogP contribution in [0.25, 0.3) is 0 Å². The molecule has 0 bridgehead atoms. The van der Waals surface area contributed by atoms with Gasteiger partial charge in [-0.2, -0.15) is 0 Å². The van der Waals surface area contributed by atoms with Crippen LogP contribution in [0.1, 0.15) is 5.56 Å². The average molecular weight is 356 g/mol. The Morgan fingerprint density at radius 2 is 2.00 bits per heavy atom. The van der Waals surface area contributed by atoms with Gasteiger partial charge in [0.25, 0.3) is 5.91 Å². The van der Waals surface area contributed by atoms with E-state index in [1.807, 2.05) is 30.5 Å². The maximum Gasteiger partial charge on any atom is 0.255 e. The largest absolute Gasteiger partial charge is 0.493 e. The van der Waals surface area contributed by atoms with Crippen LogP contribution < -0.4 is 20.1 Å². The second-order valence-electron chi connectivity index (χ2n) is 6.21. The molecule has 0 radical (unpaired) electrons. The number of nitrogens with zero attached hydrogens (tertiary/aromatic N) is 3. The Kier molecular flexibility index (Phi) is 5.91. The molecule has 0 aliphatic carbocycles. The average Bonchev–Trinajstić information content (AvgIpc) is 2.68. The minimum Gasteiger partial charge on any atom is -0.493 e. The van der Waals surface area contributed by atoms with Gasteiger partial charge in [-0.3, -0.25) is 14.7 Å².